The van der Waals surface area contributed by atoms with Gasteiger partial charge in [0, 0.05) is 6.04 Å². The summed E-state index contributed by atoms with van der Waals surface area (Å²) in [6, 6.07) is -0.00234. The second-order valence-corrected chi connectivity index (χ2v) is 3.96. The molecule has 1 aliphatic heterocycles. The SMILES string of the molecule is C=CCC(C)NC(=O)C1CCC(C(=O)O)O1. The van der Waals surface area contributed by atoms with Gasteiger partial charge in [0.2, 0.25) is 5.91 Å². The average Bonchev–Trinajstić information content (AvgIpc) is 2.66. The molecule has 1 aliphatic rings. The van der Waals surface area contributed by atoms with Crippen molar-refractivity contribution in [2.24, 2.45) is 0 Å². The van der Waals surface area contributed by atoms with Crippen LogP contribution < -0.4 is 5.32 Å². The van der Waals surface area contributed by atoms with E-state index in [2.05, 4.69) is 11.9 Å². The molecule has 90 valence electrons. The van der Waals surface area contributed by atoms with Crippen LogP contribution in [0.3, 0.4) is 0 Å². The van der Waals surface area contributed by atoms with E-state index in [0.717, 1.165) is 0 Å². The van der Waals surface area contributed by atoms with Crippen molar-refractivity contribution in [2.45, 2.75) is 44.4 Å². The highest BCUT2D eigenvalue weighted by Gasteiger charge is 2.34. The number of carboxylic acids is 1. The van der Waals surface area contributed by atoms with Crippen LogP contribution in [-0.2, 0) is 14.3 Å². The predicted octanol–water partition coefficient (Wildman–Crippen LogP) is 0.699. The molecule has 5 nitrogen and oxygen atoms in total. The highest BCUT2D eigenvalue weighted by molar-refractivity contribution is 5.82. The lowest BCUT2D eigenvalue weighted by atomic mass is 10.1. The number of amides is 1. The Labute approximate surface area is 94.5 Å². The Kier molecular flexibility index (Phi) is 4.49. The van der Waals surface area contributed by atoms with Crippen LogP contribution >= 0.6 is 0 Å². The first kappa shape index (κ1) is 12.7. The summed E-state index contributed by atoms with van der Waals surface area (Å²) in [5.74, 6) is -1.24. The molecule has 0 spiro atoms. The zero-order chi connectivity index (χ0) is 12.1. The van der Waals surface area contributed by atoms with Crippen molar-refractivity contribution in [3.8, 4) is 0 Å². The van der Waals surface area contributed by atoms with Crippen molar-refractivity contribution >= 4 is 11.9 Å². The van der Waals surface area contributed by atoms with Gasteiger partial charge >= 0.3 is 5.97 Å². The molecule has 0 aromatic rings. The molecule has 0 aromatic carbocycles. The Morgan fingerprint density at radius 3 is 2.69 bits per heavy atom. The molecular formula is C11H17NO4. The molecule has 1 rings (SSSR count). The molecule has 0 radical (unpaired) electrons. The molecular weight excluding hydrogens is 210 g/mol. The van der Waals surface area contributed by atoms with E-state index in [9.17, 15) is 9.59 Å². The lowest BCUT2D eigenvalue weighted by Crippen LogP contribution is -2.40. The van der Waals surface area contributed by atoms with Crippen molar-refractivity contribution in [2.75, 3.05) is 0 Å². The molecule has 1 amide bonds. The van der Waals surface area contributed by atoms with Gasteiger partial charge in [-0.3, -0.25) is 4.79 Å². The smallest absolute Gasteiger partial charge is 0.332 e. The van der Waals surface area contributed by atoms with Crippen LogP contribution in [0.4, 0.5) is 0 Å². The van der Waals surface area contributed by atoms with Gasteiger partial charge in [0.25, 0.3) is 0 Å². The molecule has 16 heavy (non-hydrogen) atoms. The Bertz CT molecular complexity index is 290. The maximum Gasteiger partial charge on any atom is 0.332 e. The average molecular weight is 227 g/mol. The normalized spacial score (nSPS) is 26.1. The third-order valence-electron chi connectivity index (χ3n) is 2.50. The number of carboxylic acid groups (broad SMARTS) is 1. The van der Waals surface area contributed by atoms with Gasteiger partial charge in [0.1, 0.15) is 6.10 Å². The van der Waals surface area contributed by atoms with Crippen LogP contribution in [0.5, 0.6) is 0 Å². The van der Waals surface area contributed by atoms with Gasteiger partial charge in [-0.2, -0.15) is 0 Å². The molecule has 3 unspecified atom stereocenters. The van der Waals surface area contributed by atoms with E-state index < -0.39 is 18.2 Å². The van der Waals surface area contributed by atoms with Crippen molar-refractivity contribution in [1.82, 2.24) is 5.32 Å². The van der Waals surface area contributed by atoms with E-state index in [1.807, 2.05) is 6.92 Å². The van der Waals surface area contributed by atoms with E-state index in [-0.39, 0.29) is 11.9 Å². The number of carbonyl (C=O) groups is 2. The maximum atomic E-state index is 11.6. The second kappa shape index (κ2) is 5.65. The summed E-state index contributed by atoms with van der Waals surface area (Å²) in [5.41, 5.74) is 0. The van der Waals surface area contributed by atoms with Gasteiger partial charge in [0.15, 0.2) is 6.10 Å². The minimum Gasteiger partial charge on any atom is -0.479 e. The van der Waals surface area contributed by atoms with Gasteiger partial charge in [-0.25, -0.2) is 4.79 Å². The van der Waals surface area contributed by atoms with E-state index in [1.165, 1.54) is 0 Å². The van der Waals surface area contributed by atoms with Crippen molar-refractivity contribution in [1.29, 1.82) is 0 Å². The number of rotatable bonds is 5. The van der Waals surface area contributed by atoms with Crippen LogP contribution in [-0.4, -0.2) is 35.2 Å². The molecule has 0 aliphatic carbocycles. The number of ether oxygens (including phenoxy) is 1. The summed E-state index contributed by atoms with van der Waals surface area (Å²) in [6.07, 6.45) is 1.78. The zero-order valence-corrected chi connectivity index (χ0v) is 9.31. The fraction of sp³-hybridized carbons (Fsp3) is 0.636. The first-order valence-electron chi connectivity index (χ1n) is 5.34. The minimum atomic E-state index is -1.01. The highest BCUT2D eigenvalue weighted by Crippen LogP contribution is 2.20. The zero-order valence-electron chi connectivity index (χ0n) is 9.31. The first-order valence-corrected chi connectivity index (χ1v) is 5.34. The Hall–Kier alpha value is -1.36. The van der Waals surface area contributed by atoms with Crippen LogP contribution in [0, 0.1) is 0 Å². The molecule has 3 atom stereocenters. The van der Waals surface area contributed by atoms with E-state index in [4.69, 9.17) is 9.84 Å². The maximum absolute atomic E-state index is 11.6. The molecule has 1 heterocycles. The summed E-state index contributed by atoms with van der Waals surface area (Å²) in [4.78, 5) is 22.3. The highest BCUT2D eigenvalue weighted by atomic mass is 16.5. The Balaban J connectivity index is 2.39. The monoisotopic (exact) mass is 227 g/mol. The summed E-state index contributed by atoms with van der Waals surface area (Å²) in [5, 5.41) is 11.5. The lowest BCUT2D eigenvalue weighted by molar-refractivity contribution is -0.151. The molecule has 2 N–H and O–H groups in total. The second-order valence-electron chi connectivity index (χ2n) is 3.96. The number of hydrogen-bond acceptors (Lipinski definition) is 3. The van der Waals surface area contributed by atoms with Crippen LogP contribution in [0.15, 0.2) is 12.7 Å². The molecule has 1 saturated heterocycles. The summed E-state index contributed by atoms with van der Waals surface area (Å²) in [6.45, 7) is 5.44. The third kappa shape index (κ3) is 3.34. The van der Waals surface area contributed by atoms with Crippen LogP contribution in [0.25, 0.3) is 0 Å². The van der Waals surface area contributed by atoms with Crippen LogP contribution in [0.1, 0.15) is 26.2 Å². The third-order valence-corrected chi connectivity index (χ3v) is 2.50. The van der Waals surface area contributed by atoms with Crippen LogP contribution in [0.2, 0.25) is 0 Å². The van der Waals surface area contributed by atoms with Crippen molar-refractivity contribution < 1.29 is 19.4 Å². The summed E-state index contributed by atoms with van der Waals surface area (Å²) in [7, 11) is 0. The fourth-order valence-electron chi connectivity index (χ4n) is 1.66. The summed E-state index contributed by atoms with van der Waals surface area (Å²) < 4.78 is 5.13. The number of nitrogens with one attached hydrogen (secondary N) is 1. The lowest BCUT2D eigenvalue weighted by Gasteiger charge is -2.15. The van der Waals surface area contributed by atoms with E-state index in [0.29, 0.717) is 19.3 Å². The van der Waals surface area contributed by atoms with Gasteiger partial charge in [-0.15, -0.1) is 6.58 Å². The van der Waals surface area contributed by atoms with E-state index >= 15 is 0 Å². The molecule has 0 aromatic heterocycles. The van der Waals surface area contributed by atoms with Crippen molar-refractivity contribution in [3.63, 3.8) is 0 Å². The van der Waals surface area contributed by atoms with Gasteiger partial charge in [-0.05, 0) is 26.2 Å². The largest absolute Gasteiger partial charge is 0.479 e. The standard InChI is InChI=1S/C11H17NO4/c1-3-4-7(2)12-10(13)8-5-6-9(16-8)11(14)15/h3,7-9H,1,4-6H2,2H3,(H,12,13)(H,14,15). The Morgan fingerprint density at radius 2 is 2.19 bits per heavy atom. The number of aliphatic carboxylic acids is 1. The predicted molar refractivity (Wildman–Crippen MR) is 57.9 cm³/mol. The fourth-order valence-corrected chi connectivity index (χ4v) is 1.66. The first-order chi connectivity index (χ1) is 7.54. The number of hydrogen-bond donors (Lipinski definition) is 2. The van der Waals surface area contributed by atoms with Crippen molar-refractivity contribution in [3.05, 3.63) is 12.7 Å². The Morgan fingerprint density at radius 1 is 1.56 bits per heavy atom. The minimum absolute atomic E-state index is 0.00234. The summed E-state index contributed by atoms with van der Waals surface area (Å²) >= 11 is 0. The molecule has 1 fully saturated rings. The van der Waals surface area contributed by atoms with Gasteiger partial charge in [0.05, 0.1) is 0 Å². The number of carbonyl (C=O) groups excluding carboxylic acids is 1. The molecule has 5 heteroatoms. The molecule has 0 bridgehead atoms. The quantitative estimate of drug-likeness (QED) is 0.678. The topological polar surface area (TPSA) is 75.6 Å². The van der Waals surface area contributed by atoms with Gasteiger partial charge < -0.3 is 15.2 Å². The van der Waals surface area contributed by atoms with Gasteiger partial charge in [-0.1, -0.05) is 6.08 Å². The van der Waals surface area contributed by atoms with E-state index in [1.54, 1.807) is 6.08 Å². The molecule has 0 saturated carbocycles.